The van der Waals surface area contributed by atoms with Crippen molar-refractivity contribution in [2.24, 2.45) is 0 Å². The van der Waals surface area contributed by atoms with Crippen LogP contribution in [0.1, 0.15) is 37.0 Å². The molecule has 0 N–H and O–H groups in total. The molecular formula is C19H19F3O. The summed E-state index contributed by atoms with van der Waals surface area (Å²) in [5, 5.41) is 0. The van der Waals surface area contributed by atoms with Crippen molar-refractivity contribution >= 4 is 11.7 Å². The molecule has 0 unspecified atom stereocenters. The van der Waals surface area contributed by atoms with E-state index in [9.17, 15) is 13.2 Å². The summed E-state index contributed by atoms with van der Waals surface area (Å²) in [7, 11) is 0. The average molecular weight is 320 g/mol. The van der Waals surface area contributed by atoms with Crippen molar-refractivity contribution in [2.75, 3.05) is 6.61 Å². The quantitative estimate of drug-likeness (QED) is 0.598. The Labute approximate surface area is 134 Å². The van der Waals surface area contributed by atoms with E-state index in [2.05, 4.69) is 0 Å². The molecule has 0 amide bonds. The summed E-state index contributed by atoms with van der Waals surface area (Å²) in [4.78, 5) is 0. The first-order valence-electron chi connectivity index (χ1n) is 7.64. The molecule has 0 bridgehead atoms. The minimum Gasteiger partial charge on any atom is -0.494 e. The maximum absolute atomic E-state index is 14.3. The number of hydrogen-bond donors (Lipinski definition) is 0. The Kier molecular flexibility index (Phi) is 5.85. The van der Waals surface area contributed by atoms with E-state index in [1.807, 2.05) is 6.92 Å². The van der Waals surface area contributed by atoms with Gasteiger partial charge in [0.1, 0.15) is 11.6 Å². The fourth-order valence-corrected chi connectivity index (χ4v) is 2.28. The van der Waals surface area contributed by atoms with Crippen LogP contribution in [0.2, 0.25) is 0 Å². The molecular weight excluding hydrogens is 301 g/mol. The highest BCUT2D eigenvalue weighted by molar-refractivity contribution is 5.83. The largest absolute Gasteiger partial charge is 0.494 e. The van der Waals surface area contributed by atoms with Crippen molar-refractivity contribution in [1.82, 2.24) is 0 Å². The Hall–Kier alpha value is -2.23. The zero-order valence-corrected chi connectivity index (χ0v) is 13.2. The van der Waals surface area contributed by atoms with Crippen LogP contribution in [0.5, 0.6) is 5.75 Å². The molecule has 0 atom stereocenters. The lowest BCUT2D eigenvalue weighted by Crippen LogP contribution is -1.94. The topological polar surface area (TPSA) is 9.23 Å². The minimum absolute atomic E-state index is 0.0932. The van der Waals surface area contributed by atoms with Gasteiger partial charge in [-0.15, -0.1) is 0 Å². The number of hydrogen-bond acceptors (Lipinski definition) is 1. The Bertz CT molecular complexity index is 690. The highest BCUT2D eigenvalue weighted by Crippen LogP contribution is 2.31. The Balaban J connectivity index is 2.32. The van der Waals surface area contributed by atoms with Crippen LogP contribution in [-0.4, -0.2) is 6.61 Å². The molecule has 122 valence electrons. The van der Waals surface area contributed by atoms with Crippen LogP contribution in [0.4, 0.5) is 13.2 Å². The molecule has 4 heteroatoms. The molecule has 0 saturated carbocycles. The Morgan fingerprint density at radius 1 is 0.957 bits per heavy atom. The molecule has 0 radical (unpaired) electrons. The molecule has 0 fully saturated rings. The van der Waals surface area contributed by atoms with Gasteiger partial charge in [0.25, 0.3) is 0 Å². The summed E-state index contributed by atoms with van der Waals surface area (Å²) in [5.74, 6) is -2.86. The molecule has 2 aromatic carbocycles. The van der Waals surface area contributed by atoms with E-state index in [-0.39, 0.29) is 11.3 Å². The molecule has 2 rings (SSSR count). The fraction of sp³-hybridized carbons (Fsp3) is 0.263. The van der Waals surface area contributed by atoms with Gasteiger partial charge < -0.3 is 4.74 Å². The zero-order chi connectivity index (χ0) is 16.8. The zero-order valence-electron chi connectivity index (χ0n) is 13.2. The van der Waals surface area contributed by atoms with Crippen molar-refractivity contribution in [3.8, 4) is 5.75 Å². The van der Waals surface area contributed by atoms with Gasteiger partial charge >= 0.3 is 0 Å². The maximum atomic E-state index is 14.3. The number of rotatable bonds is 6. The highest BCUT2D eigenvalue weighted by Gasteiger charge is 2.16. The molecule has 0 aliphatic carbocycles. The van der Waals surface area contributed by atoms with Gasteiger partial charge in [-0.1, -0.05) is 37.6 Å². The van der Waals surface area contributed by atoms with E-state index < -0.39 is 23.0 Å². The summed E-state index contributed by atoms with van der Waals surface area (Å²) in [6.45, 7) is 4.17. The monoisotopic (exact) mass is 320 g/mol. The third-order valence-corrected chi connectivity index (χ3v) is 3.43. The van der Waals surface area contributed by atoms with Crippen LogP contribution in [-0.2, 0) is 6.42 Å². The van der Waals surface area contributed by atoms with E-state index in [0.29, 0.717) is 6.61 Å². The Morgan fingerprint density at radius 3 is 2.22 bits per heavy atom. The predicted molar refractivity (Wildman–Crippen MR) is 87.0 cm³/mol. The van der Waals surface area contributed by atoms with Gasteiger partial charge in [0, 0.05) is 17.2 Å². The first-order valence-corrected chi connectivity index (χ1v) is 7.64. The second-order valence-electron chi connectivity index (χ2n) is 5.15. The minimum atomic E-state index is -1.21. The summed E-state index contributed by atoms with van der Waals surface area (Å²) >= 11 is 0. The second kappa shape index (κ2) is 7.86. The summed E-state index contributed by atoms with van der Waals surface area (Å²) in [6, 6.07) is 10.2. The third kappa shape index (κ3) is 4.15. The van der Waals surface area contributed by atoms with Crippen molar-refractivity contribution in [3.63, 3.8) is 0 Å². The van der Waals surface area contributed by atoms with Gasteiger partial charge in [0.15, 0.2) is 11.7 Å². The van der Waals surface area contributed by atoms with Gasteiger partial charge in [-0.25, -0.2) is 13.2 Å². The third-order valence-electron chi connectivity index (χ3n) is 3.43. The molecule has 0 spiro atoms. The molecule has 0 saturated heterocycles. The lowest BCUT2D eigenvalue weighted by molar-refractivity contribution is 0.338. The van der Waals surface area contributed by atoms with Gasteiger partial charge in [0.05, 0.1) is 6.61 Å². The summed E-state index contributed by atoms with van der Waals surface area (Å²) in [6.07, 6.45) is 1.85. The SMILES string of the molecule is CCCc1ccc(/C(F)=C(\F)c2ccc(OCC)cc2F)cc1. The van der Waals surface area contributed by atoms with Crippen LogP contribution in [0, 0.1) is 5.82 Å². The van der Waals surface area contributed by atoms with Crippen LogP contribution >= 0.6 is 0 Å². The van der Waals surface area contributed by atoms with Crippen LogP contribution < -0.4 is 4.74 Å². The van der Waals surface area contributed by atoms with E-state index >= 15 is 0 Å². The van der Waals surface area contributed by atoms with Gasteiger partial charge in [-0.05, 0) is 31.0 Å². The fourth-order valence-electron chi connectivity index (χ4n) is 2.28. The van der Waals surface area contributed by atoms with Crippen molar-refractivity contribution in [3.05, 3.63) is 65.0 Å². The summed E-state index contributed by atoms with van der Waals surface area (Å²) in [5.41, 5.74) is 0.732. The van der Waals surface area contributed by atoms with E-state index in [1.54, 1.807) is 19.1 Å². The van der Waals surface area contributed by atoms with Crippen molar-refractivity contribution in [1.29, 1.82) is 0 Å². The van der Waals surface area contributed by atoms with Gasteiger partial charge in [-0.2, -0.15) is 0 Å². The smallest absolute Gasteiger partial charge is 0.169 e. The molecule has 1 nitrogen and oxygen atoms in total. The lowest BCUT2D eigenvalue weighted by Gasteiger charge is -2.07. The second-order valence-corrected chi connectivity index (χ2v) is 5.15. The predicted octanol–water partition coefficient (Wildman–Crippen LogP) is 5.94. The lowest BCUT2D eigenvalue weighted by atomic mass is 10.1. The van der Waals surface area contributed by atoms with E-state index in [0.717, 1.165) is 24.5 Å². The first-order chi connectivity index (χ1) is 11.1. The van der Waals surface area contributed by atoms with Crippen LogP contribution in [0.3, 0.4) is 0 Å². The number of halogens is 3. The molecule has 0 aromatic heterocycles. The Morgan fingerprint density at radius 2 is 1.65 bits per heavy atom. The molecule has 0 heterocycles. The van der Waals surface area contributed by atoms with Gasteiger partial charge in [0.2, 0.25) is 0 Å². The normalized spacial score (nSPS) is 12.0. The molecule has 0 aliphatic rings. The van der Waals surface area contributed by atoms with Crippen molar-refractivity contribution < 1.29 is 17.9 Å². The molecule has 0 aliphatic heterocycles. The van der Waals surface area contributed by atoms with Crippen LogP contribution in [0.25, 0.3) is 11.7 Å². The standard InChI is InChI=1S/C19H19F3O/c1-3-5-13-6-8-14(9-7-13)18(21)19(22)16-11-10-15(23-4-2)12-17(16)20/h6-12H,3-5H2,1-2H3/b19-18+. The maximum Gasteiger partial charge on any atom is 0.169 e. The van der Waals surface area contributed by atoms with Crippen molar-refractivity contribution in [2.45, 2.75) is 26.7 Å². The summed E-state index contributed by atoms with van der Waals surface area (Å²) < 4.78 is 47.6. The van der Waals surface area contributed by atoms with Crippen LogP contribution in [0.15, 0.2) is 42.5 Å². The van der Waals surface area contributed by atoms with E-state index in [4.69, 9.17) is 4.74 Å². The first kappa shape index (κ1) is 17.1. The molecule has 23 heavy (non-hydrogen) atoms. The number of benzene rings is 2. The number of ether oxygens (including phenoxy) is 1. The number of aryl methyl sites for hydroxylation is 1. The molecule has 2 aromatic rings. The van der Waals surface area contributed by atoms with E-state index in [1.165, 1.54) is 24.3 Å². The van der Waals surface area contributed by atoms with Gasteiger partial charge in [-0.3, -0.25) is 0 Å². The average Bonchev–Trinajstić information content (AvgIpc) is 2.55. The highest BCUT2D eigenvalue weighted by atomic mass is 19.2.